The van der Waals surface area contributed by atoms with Gasteiger partial charge < -0.3 is 5.32 Å². The number of para-hydroxylation sites is 2. The SMILES string of the molecule is CC(C)c1cccc(C(C)C)c1NC(=O)CSc1nnc(-c2ccncc2)n1-c1ccccc1. The van der Waals surface area contributed by atoms with Gasteiger partial charge in [-0.1, -0.05) is 75.9 Å². The number of thioether (sulfide) groups is 1. The predicted molar refractivity (Wildman–Crippen MR) is 139 cm³/mol. The summed E-state index contributed by atoms with van der Waals surface area (Å²) in [5.74, 6) is 1.50. The topological polar surface area (TPSA) is 72.7 Å². The van der Waals surface area contributed by atoms with Crippen molar-refractivity contribution in [1.82, 2.24) is 19.7 Å². The number of pyridine rings is 1. The first kappa shape index (κ1) is 23.7. The summed E-state index contributed by atoms with van der Waals surface area (Å²) in [5.41, 5.74) is 5.08. The molecule has 1 N–H and O–H groups in total. The highest BCUT2D eigenvalue weighted by Gasteiger charge is 2.19. The Labute approximate surface area is 204 Å². The van der Waals surface area contributed by atoms with Crippen LogP contribution in [0.2, 0.25) is 0 Å². The second kappa shape index (κ2) is 10.7. The van der Waals surface area contributed by atoms with Gasteiger partial charge in [0.05, 0.1) is 5.75 Å². The van der Waals surface area contributed by atoms with Crippen LogP contribution in [0.5, 0.6) is 0 Å². The van der Waals surface area contributed by atoms with Gasteiger partial charge in [0.1, 0.15) is 0 Å². The Morgan fingerprint density at radius 1 is 0.882 bits per heavy atom. The van der Waals surface area contributed by atoms with Crippen LogP contribution in [0, 0.1) is 0 Å². The van der Waals surface area contributed by atoms with Gasteiger partial charge in [-0.15, -0.1) is 10.2 Å². The van der Waals surface area contributed by atoms with E-state index in [9.17, 15) is 4.79 Å². The minimum absolute atomic E-state index is 0.0620. The summed E-state index contributed by atoms with van der Waals surface area (Å²) in [6.07, 6.45) is 3.47. The van der Waals surface area contributed by atoms with Gasteiger partial charge in [0.25, 0.3) is 0 Å². The van der Waals surface area contributed by atoms with Crippen LogP contribution < -0.4 is 5.32 Å². The smallest absolute Gasteiger partial charge is 0.234 e. The summed E-state index contributed by atoms with van der Waals surface area (Å²) in [6.45, 7) is 8.58. The first-order valence-electron chi connectivity index (χ1n) is 11.4. The van der Waals surface area contributed by atoms with Crippen molar-refractivity contribution in [1.29, 1.82) is 0 Å². The molecule has 0 atom stereocenters. The van der Waals surface area contributed by atoms with E-state index in [0.29, 0.717) is 22.8 Å². The largest absolute Gasteiger partial charge is 0.325 e. The van der Waals surface area contributed by atoms with Crippen LogP contribution in [0.15, 0.2) is 78.2 Å². The number of nitrogens with one attached hydrogen (secondary N) is 1. The number of anilines is 1. The number of rotatable bonds is 8. The number of hydrogen-bond acceptors (Lipinski definition) is 5. The zero-order chi connectivity index (χ0) is 24.1. The van der Waals surface area contributed by atoms with Crippen LogP contribution in [0.3, 0.4) is 0 Å². The molecule has 0 spiro atoms. The number of aromatic nitrogens is 4. The molecule has 0 radical (unpaired) electrons. The molecule has 0 bridgehead atoms. The third-order valence-electron chi connectivity index (χ3n) is 5.56. The molecule has 2 aromatic heterocycles. The van der Waals surface area contributed by atoms with Crippen molar-refractivity contribution in [2.24, 2.45) is 0 Å². The van der Waals surface area contributed by atoms with E-state index in [0.717, 1.165) is 28.1 Å². The van der Waals surface area contributed by atoms with Crippen molar-refractivity contribution < 1.29 is 4.79 Å². The van der Waals surface area contributed by atoms with E-state index in [4.69, 9.17) is 0 Å². The minimum atomic E-state index is -0.0620. The van der Waals surface area contributed by atoms with Crippen molar-refractivity contribution in [3.63, 3.8) is 0 Å². The highest BCUT2D eigenvalue weighted by atomic mass is 32.2. The Morgan fingerprint density at radius 2 is 1.53 bits per heavy atom. The molecule has 0 saturated carbocycles. The van der Waals surface area contributed by atoms with E-state index in [1.807, 2.05) is 47.0 Å². The summed E-state index contributed by atoms with van der Waals surface area (Å²) in [5, 5.41) is 12.7. The highest BCUT2D eigenvalue weighted by molar-refractivity contribution is 7.99. The molecule has 4 rings (SSSR count). The Bertz CT molecular complexity index is 1230. The second-order valence-electron chi connectivity index (χ2n) is 8.67. The molecule has 0 unspecified atom stereocenters. The summed E-state index contributed by atoms with van der Waals surface area (Å²) in [4.78, 5) is 17.2. The molecule has 0 saturated heterocycles. The monoisotopic (exact) mass is 471 g/mol. The number of carbonyl (C=O) groups excluding carboxylic acids is 1. The third-order valence-corrected chi connectivity index (χ3v) is 6.48. The normalized spacial score (nSPS) is 11.2. The molecule has 34 heavy (non-hydrogen) atoms. The molecule has 1 amide bonds. The quantitative estimate of drug-likeness (QED) is 0.305. The fourth-order valence-corrected chi connectivity index (χ4v) is 4.61. The second-order valence-corrected chi connectivity index (χ2v) is 9.61. The van der Waals surface area contributed by atoms with E-state index in [-0.39, 0.29) is 11.7 Å². The Kier molecular flexibility index (Phi) is 7.43. The summed E-state index contributed by atoms with van der Waals surface area (Å²) >= 11 is 1.37. The van der Waals surface area contributed by atoms with Gasteiger partial charge in [0, 0.05) is 29.3 Å². The van der Waals surface area contributed by atoms with Crippen LogP contribution in [0.1, 0.15) is 50.7 Å². The maximum atomic E-state index is 13.1. The maximum Gasteiger partial charge on any atom is 0.234 e. The van der Waals surface area contributed by atoms with E-state index in [1.54, 1.807) is 12.4 Å². The molecule has 7 heteroatoms. The lowest BCUT2D eigenvalue weighted by atomic mass is 9.92. The average Bonchev–Trinajstić information content (AvgIpc) is 3.27. The number of amides is 1. The van der Waals surface area contributed by atoms with Gasteiger partial charge in [0.2, 0.25) is 5.91 Å². The summed E-state index contributed by atoms with van der Waals surface area (Å²) < 4.78 is 1.98. The van der Waals surface area contributed by atoms with Gasteiger partial charge in [-0.25, -0.2) is 0 Å². The molecule has 0 aliphatic heterocycles. The number of nitrogens with zero attached hydrogens (tertiary/aromatic N) is 4. The minimum Gasteiger partial charge on any atom is -0.325 e. The molecule has 174 valence electrons. The van der Waals surface area contributed by atoms with Gasteiger partial charge >= 0.3 is 0 Å². The summed E-state index contributed by atoms with van der Waals surface area (Å²) in [6, 6.07) is 20.0. The van der Waals surface area contributed by atoms with Gasteiger partial charge in [-0.2, -0.15) is 0 Å². The maximum absolute atomic E-state index is 13.1. The first-order chi connectivity index (χ1) is 16.5. The van der Waals surface area contributed by atoms with Crippen LogP contribution >= 0.6 is 11.8 Å². The fourth-order valence-electron chi connectivity index (χ4n) is 3.86. The number of benzene rings is 2. The van der Waals surface area contributed by atoms with Gasteiger partial charge in [0.15, 0.2) is 11.0 Å². The third kappa shape index (κ3) is 5.20. The molecule has 6 nitrogen and oxygen atoms in total. The Hall–Kier alpha value is -3.45. The highest BCUT2D eigenvalue weighted by Crippen LogP contribution is 2.33. The van der Waals surface area contributed by atoms with E-state index in [1.165, 1.54) is 11.8 Å². The van der Waals surface area contributed by atoms with Gasteiger partial charge in [-0.05, 0) is 47.2 Å². The lowest BCUT2D eigenvalue weighted by Gasteiger charge is -2.20. The molecular formula is C27H29N5OS. The molecule has 2 aromatic carbocycles. The van der Waals surface area contributed by atoms with Crippen LogP contribution in [-0.2, 0) is 4.79 Å². The lowest BCUT2D eigenvalue weighted by molar-refractivity contribution is -0.113. The van der Waals surface area contributed by atoms with Crippen molar-refractivity contribution in [3.05, 3.63) is 84.2 Å². The van der Waals surface area contributed by atoms with Crippen molar-refractivity contribution in [2.45, 2.75) is 44.7 Å². The fraction of sp³-hybridized carbons (Fsp3) is 0.259. The molecule has 4 aromatic rings. The predicted octanol–water partition coefficient (Wildman–Crippen LogP) is 6.31. The number of hydrogen-bond donors (Lipinski definition) is 1. The number of carbonyl (C=O) groups is 1. The van der Waals surface area contributed by atoms with Crippen molar-refractivity contribution >= 4 is 23.4 Å². The van der Waals surface area contributed by atoms with E-state index >= 15 is 0 Å². The Balaban J connectivity index is 1.60. The zero-order valence-electron chi connectivity index (χ0n) is 19.9. The van der Waals surface area contributed by atoms with Crippen LogP contribution in [0.4, 0.5) is 5.69 Å². The molecular weight excluding hydrogens is 442 g/mol. The summed E-state index contributed by atoms with van der Waals surface area (Å²) in [7, 11) is 0. The molecule has 2 heterocycles. The standard InChI is InChI=1S/C27H29N5OS/c1-18(2)22-11-8-12-23(19(3)4)25(22)29-24(33)17-34-27-31-30-26(20-13-15-28-16-14-20)32(27)21-9-6-5-7-10-21/h5-16,18-19H,17H2,1-4H3,(H,29,33). The van der Waals surface area contributed by atoms with Crippen LogP contribution in [-0.4, -0.2) is 31.4 Å². The lowest BCUT2D eigenvalue weighted by Crippen LogP contribution is -2.18. The zero-order valence-corrected chi connectivity index (χ0v) is 20.7. The molecule has 0 aliphatic carbocycles. The average molecular weight is 472 g/mol. The van der Waals surface area contributed by atoms with Crippen LogP contribution in [0.25, 0.3) is 17.1 Å². The van der Waals surface area contributed by atoms with Crippen molar-refractivity contribution in [3.8, 4) is 17.1 Å². The first-order valence-corrected chi connectivity index (χ1v) is 12.4. The molecule has 0 fully saturated rings. The van der Waals surface area contributed by atoms with E-state index < -0.39 is 0 Å². The Morgan fingerprint density at radius 3 is 2.15 bits per heavy atom. The van der Waals surface area contributed by atoms with Gasteiger partial charge in [-0.3, -0.25) is 14.3 Å². The van der Waals surface area contributed by atoms with E-state index in [2.05, 4.69) is 66.4 Å². The van der Waals surface area contributed by atoms with Crippen molar-refractivity contribution in [2.75, 3.05) is 11.1 Å². The molecule has 0 aliphatic rings.